The molecule has 2 unspecified atom stereocenters. The van der Waals surface area contributed by atoms with Crippen LogP contribution in [0.3, 0.4) is 0 Å². The standard InChI is InChI=1S/C26H48BrFO8/c1-6-11-15-31-19-20-21(33-16-12-7-2)22(34-17-13-8-3)23(35-18-14-9-4)26(30,36-20)25(27,28)24(29)32-10-5/h20-23,30H,6-19H2,1-5H3/t20-,21+,22+,23-,25?,26?/m1/s1. The summed E-state index contributed by atoms with van der Waals surface area (Å²) >= 11 is 2.80. The lowest BCUT2D eigenvalue weighted by Crippen LogP contribution is -2.74. The molecule has 1 heterocycles. The van der Waals surface area contributed by atoms with Crippen molar-refractivity contribution in [3.05, 3.63) is 0 Å². The number of alkyl halides is 2. The van der Waals surface area contributed by atoms with Gasteiger partial charge in [0.25, 0.3) is 5.79 Å². The van der Waals surface area contributed by atoms with Crippen LogP contribution < -0.4 is 0 Å². The Balaban J connectivity index is 3.47. The lowest BCUT2D eigenvalue weighted by atomic mass is 9.88. The highest BCUT2D eigenvalue weighted by Gasteiger charge is 2.69. The third-order valence-electron chi connectivity index (χ3n) is 6.02. The third kappa shape index (κ3) is 9.43. The molecule has 0 aromatic heterocycles. The zero-order chi connectivity index (χ0) is 27.0. The highest BCUT2D eigenvalue weighted by Crippen LogP contribution is 2.46. The minimum Gasteiger partial charge on any atom is -0.463 e. The largest absolute Gasteiger partial charge is 0.463 e. The molecule has 0 aliphatic carbocycles. The molecule has 0 saturated carbocycles. The Kier molecular flexibility index (Phi) is 16.9. The zero-order valence-corrected chi connectivity index (χ0v) is 24.4. The van der Waals surface area contributed by atoms with E-state index in [4.69, 9.17) is 28.4 Å². The van der Waals surface area contributed by atoms with Crippen molar-refractivity contribution in [2.24, 2.45) is 0 Å². The van der Waals surface area contributed by atoms with E-state index in [1.807, 2.05) is 20.8 Å². The second-order valence-electron chi connectivity index (χ2n) is 9.10. The molecule has 0 radical (unpaired) electrons. The Morgan fingerprint density at radius 2 is 1.39 bits per heavy atom. The Morgan fingerprint density at radius 3 is 1.92 bits per heavy atom. The summed E-state index contributed by atoms with van der Waals surface area (Å²) in [5.41, 5.74) is 0. The molecule has 1 aliphatic heterocycles. The van der Waals surface area contributed by atoms with Crippen molar-refractivity contribution in [2.75, 3.05) is 39.6 Å². The van der Waals surface area contributed by atoms with Gasteiger partial charge in [0, 0.05) is 26.4 Å². The van der Waals surface area contributed by atoms with Crippen LogP contribution in [0.5, 0.6) is 0 Å². The summed E-state index contributed by atoms with van der Waals surface area (Å²) in [5, 5.41) is 11.8. The average Bonchev–Trinajstić information content (AvgIpc) is 2.85. The Hall–Kier alpha value is -0.360. The monoisotopic (exact) mass is 586 g/mol. The smallest absolute Gasteiger partial charge is 0.361 e. The molecule has 1 N–H and O–H groups in total. The summed E-state index contributed by atoms with van der Waals surface area (Å²) in [6, 6.07) is 0. The molecule has 0 aromatic carbocycles. The van der Waals surface area contributed by atoms with Gasteiger partial charge in [-0.1, -0.05) is 53.4 Å². The van der Waals surface area contributed by atoms with Crippen molar-refractivity contribution in [1.29, 1.82) is 0 Å². The van der Waals surface area contributed by atoms with Crippen LogP contribution in [-0.4, -0.2) is 85.5 Å². The van der Waals surface area contributed by atoms with E-state index in [2.05, 4.69) is 22.9 Å². The molecule has 0 amide bonds. The Morgan fingerprint density at radius 1 is 0.889 bits per heavy atom. The first-order valence-corrected chi connectivity index (χ1v) is 14.4. The van der Waals surface area contributed by atoms with Gasteiger partial charge in [-0.05, 0) is 48.5 Å². The van der Waals surface area contributed by atoms with Crippen LogP contribution in [0.15, 0.2) is 0 Å². The number of ether oxygens (including phenoxy) is 6. The van der Waals surface area contributed by atoms with E-state index in [-0.39, 0.29) is 19.8 Å². The number of carbonyl (C=O) groups excluding carboxylic acids is 1. The van der Waals surface area contributed by atoms with Gasteiger partial charge < -0.3 is 33.5 Å². The number of halogens is 2. The van der Waals surface area contributed by atoms with Crippen molar-refractivity contribution >= 4 is 21.9 Å². The maximum atomic E-state index is 16.2. The van der Waals surface area contributed by atoms with Crippen LogP contribution in [0.4, 0.5) is 4.39 Å². The fraction of sp³-hybridized carbons (Fsp3) is 0.962. The minimum absolute atomic E-state index is 0.0281. The number of carbonyl (C=O) groups is 1. The molecule has 8 nitrogen and oxygen atoms in total. The first-order chi connectivity index (χ1) is 17.2. The van der Waals surface area contributed by atoms with Crippen molar-refractivity contribution in [3.63, 3.8) is 0 Å². The van der Waals surface area contributed by atoms with Crippen LogP contribution in [0.2, 0.25) is 0 Å². The summed E-state index contributed by atoms with van der Waals surface area (Å²) < 4.78 is 48.2. The Bertz CT molecular complexity index is 596. The van der Waals surface area contributed by atoms with E-state index in [9.17, 15) is 9.90 Å². The lowest BCUT2D eigenvalue weighted by Gasteiger charge is -2.52. The SMILES string of the molecule is CCCCOC[C@H]1OC(O)(C(F)(Br)C(=O)OCC)[C@H](OCCCC)[C@@H](OCCCC)[C@H]1OCCCC. The molecule has 1 rings (SSSR count). The number of esters is 1. The van der Waals surface area contributed by atoms with E-state index < -0.39 is 40.8 Å². The van der Waals surface area contributed by atoms with Gasteiger partial charge in [-0.2, -0.15) is 0 Å². The number of hydrogen-bond acceptors (Lipinski definition) is 8. The van der Waals surface area contributed by atoms with E-state index in [0.717, 1.165) is 44.9 Å². The first-order valence-electron chi connectivity index (χ1n) is 13.6. The van der Waals surface area contributed by atoms with Crippen molar-refractivity contribution in [2.45, 2.75) is 121 Å². The second kappa shape index (κ2) is 18.0. The van der Waals surface area contributed by atoms with E-state index >= 15 is 4.39 Å². The molecule has 6 atom stereocenters. The zero-order valence-electron chi connectivity index (χ0n) is 22.8. The molecule has 214 valence electrons. The minimum atomic E-state index is -3.12. The summed E-state index contributed by atoms with van der Waals surface area (Å²) in [4.78, 5) is 12.7. The first kappa shape index (κ1) is 33.7. The molecule has 1 fully saturated rings. The van der Waals surface area contributed by atoms with E-state index in [1.165, 1.54) is 0 Å². The fourth-order valence-electron chi connectivity index (χ4n) is 3.84. The van der Waals surface area contributed by atoms with E-state index in [1.54, 1.807) is 6.92 Å². The molecule has 36 heavy (non-hydrogen) atoms. The van der Waals surface area contributed by atoms with Crippen LogP contribution in [0, 0.1) is 0 Å². The predicted molar refractivity (Wildman–Crippen MR) is 139 cm³/mol. The highest BCUT2D eigenvalue weighted by atomic mass is 79.9. The molecular weight excluding hydrogens is 539 g/mol. The maximum Gasteiger partial charge on any atom is 0.361 e. The summed E-state index contributed by atoms with van der Waals surface area (Å²) in [5.74, 6) is -4.06. The summed E-state index contributed by atoms with van der Waals surface area (Å²) in [7, 11) is 0. The van der Waals surface area contributed by atoms with Gasteiger partial charge in [0.15, 0.2) is 0 Å². The Labute approximate surface area is 225 Å². The number of hydrogen-bond donors (Lipinski definition) is 1. The number of aliphatic hydroxyl groups is 1. The fourth-order valence-corrected chi connectivity index (χ4v) is 4.27. The van der Waals surface area contributed by atoms with E-state index in [0.29, 0.717) is 26.2 Å². The van der Waals surface area contributed by atoms with Crippen molar-refractivity contribution in [1.82, 2.24) is 0 Å². The van der Waals surface area contributed by atoms with Crippen molar-refractivity contribution < 1.29 is 42.7 Å². The van der Waals surface area contributed by atoms with Gasteiger partial charge in [-0.3, -0.25) is 0 Å². The second-order valence-corrected chi connectivity index (χ2v) is 10.2. The van der Waals surface area contributed by atoms with Gasteiger partial charge in [0.2, 0.25) is 0 Å². The summed E-state index contributed by atoms with van der Waals surface area (Å²) in [6.45, 7) is 11.1. The lowest BCUT2D eigenvalue weighted by molar-refractivity contribution is -0.384. The molecular formula is C26H48BrFO8. The van der Waals surface area contributed by atoms with Gasteiger partial charge in [0.1, 0.15) is 24.4 Å². The predicted octanol–water partition coefficient (Wildman–Crippen LogP) is 5.07. The van der Waals surface area contributed by atoms with Gasteiger partial charge in [-0.25, -0.2) is 9.18 Å². The van der Waals surface area contributed by atoms with Crippen LogP contribution in [0.1, 0.15) is 86.0 Å². The molecule has 0 aromatic rings. The van der Waals surface area contributed by atoms with Crippen LogP contribution >= 0.6 is 15.9 Å². The normalized spacial score (nSPS) is 28.1. The molecule has 0 spiro atoms. The highest BCUT2D eigenvalue weighted by molar-refractivity contribution is 9.10. The number of rotatable bonds is 20. The molecule has 1 aliphatic rings. The summed E-state index contributed by atoms with van der Waals surface area (Å²) in [6.07, 6.45) is 2.75. The van der Waals surface area contributed by atoms with Crippen LogP contribution in [0.25, 0.3) is 0 Å². The third-order valence-corrected chi connectivity index (χ3v) is 6.91. The maximum absolute atomic E-state index is 16.2. The van der Waals surface area contributed by atoms with Gasteiger partial charge in [-0.15, -0.1) is 0 Å². The van der Waals surface area contributed by atoms with Crippen LogP contribution in [-0.2, 0) is 33.2 Å². The molecule has 10 heteroatoms. The number of unbranched alkanes of at least 4 members (excludes halogenated alkanes) is 4. The molecule has 1 saturated heterocycles. The quantitative estimate of drug-likeness (QED) is 0.120. The van der Waals surface area contributed by atoms with Crippen molar-refractivity contribution in [3.8, 4) is 0 Å². The average molecular weight is 588 g/mol. The van der Waals surface area contributed by atoms with Gasteiger partial charge >= 0.3 is 10.5 Å². The topological polar surface area (TPSA) is 92.7 Å². The molecule has 0 bridgehead atoms. The van der Waals surface area contributed by atoms with Gasteiger partial charge in [0.05, 0.1) is 13.2 Å².